The molecule has 24 rings (SSSR count). The summed E-state index contributed by atoms with van der Waals surface area (Å²) < 4.78 is 8.17. The van der Waals surface area contributed by atoms with Gasteiger partial charge >= 0.3 is 0 Å². The molecule has 9 heteroatoms. The summed E-state index contributed by atoms with van der Waals surface area (Å²) in [5.74, 6) is 1.58. The summed E-state index contributed by atoms with van der Waals surface area (Å²) in [5, 5.41) is 0. The largest absolute Gasteiger partial charge is 0.458 e. The van der Waals surface area contributed by atoms with Gasteiger partial charge < -0.3 is 34.1 Å². The van der Waals surface area contributed by atoms with Crippen molar-refractivity contribution in [3.8, 4) is 44.9 Å². The van der Waals surface area contributed by atoms with E-state index in [0.29, 0.717) is 0 Å². The van der Waals surface area contributed by atoms with Gasteiger partial charge in [0, 0.05) is 91.5 Å². The summed E-state index contributed by atoms with van der Waals surface area (Å²) in [5.41, 5.74) is 37.0. The maximum absolute atomic E-state index is 8.17. The van der Waals surface area contributed by atoms with Gasteiger partial charge in [0.1, 0.15) is 11.5 Å². The van der Waals surface area contributed by atoms with Crippen molar-refractivity contribution in [1.29, 1.82) is 0 Å². The molecule has 5 heterocycles. The molecule has 0 fully saturated rings. The van der Waals surface area contributed by atoms with Gasteiger partial charge in [0.05, 0.1) is 39.5 Å². The van der Waals surface area contributed by atoms with E-state index in [0.717, 1.165) is 147 Å². The standard InChI is InChI=1S/C109H72B2N6O/c1-9-37-73(38-10-1)83-53-27-33-61-95(83)113(77-45-17-5-18-46-77)82-67-104-108-106(68-82)118-105-72-100-90(70-94(105)111(108)92-60-32-36-64-98(92)117(104)96-62-34-28-54-84(96)74-39-11-2-12-40-74)109(87-57-29-25-55-85(87)86-56-26-30-58-88(86)109)89-69-93-101(71-99(89)115(100)79-49-21-7-22-50-79)116(80-51-23-8-24-52-80)103-66-81(112(75-41-13-3-14-42-75)76-43-15-4-16-44-76)65-102-107(103)110(93)91-59-31-35-63-97(91)114(102)78-47-19-6-20-48-78/h1-72H. The van der Waals surface area contributed by atoms with Crippen molar-refractivity contribution in [2.45, 2.75) is 5.41 Å². The average Bonchev–Trinajstić information content (AvgIpc) is 1.23. The SMILES string of the molecule is c1ccc(-c2ccccc2N(c2ccccc2)c2cc3c4c(c2)N(c2ccccc2-c2ccccc2)c2ccccc2B4c2cc4c(cc2O3)N(c2ccccc2)c2cc3c(cc2C42c4ccccc4-c4ccccc42)B2c4ccccc4N(c4ccccc4)c4cc(N(c5ccccc5)c5ccccc5)cc(c42)N3c2ccccc2)cc1. The van der Waals surface area contributed by atoms with E-state index in [2.05, 4.69) is 466 Å². The van der Waals surface area contributed by atoms with E-state index in [4.69, 9.17) is 4.74 Å². The zero-order valence-electron chi connectivity index (χ0n) is 64.3. The average molecular weight is 1500 g/mol. The Kier molecular flexibility index (Phi) is 15.3. The molecule has 550 valence electrons. The third-order valence-electron chi connectivity index (χ3n) is 25.2. The van der Waals surface area contributed by atoms with E-state index in [9.17, 15) is 0 Å². The Morgan fingerprint density at radius 2 is 0.585 bits per heavy atom. The summed E-state index contributed by atoms with van der Waals surface area (Å²) in [7, 11) is 0. The fraction of sp³-hybridized carbons (Fsp3) is 0.00917. The molecule has 6 aliphatic rings. The summed E-state index contributed by atoms with van der Waals surface area (Å²) >= 11 is 0. The molecule has 0 atom stereocenters. The molecule has 5 aliphatic heterocycles. The third-order valence-corrected chi connectivity index (χ3v) is 25.2. The highest BCUT2D eigenvalue weighted by Gasteiger charge is 2.56. The Bertz CT molecular complexity index is 6940. The monoisotopic (exact) mass is 1500 g/mol. The molecule has 0 saturated heterocycles. The van der Waals surface area contributed by atoms with Gasteiger partial charge in [-0.15, -0.1) is 0 Å². The van der Waals surface area contributed by atoms with Crippen LogP contribution in [0.1, 0.15) is 22.3 Å². The molecule has 118 heavy (non-hydrogen) atoms. The molecule has 0 N–H and O–H groups in total. The molecule has 0 amide bonds. The van der Waals surface area contributed by atoms with Crippen LogP contribution in [-0.2, 0) is 5.41 Å². The molecule has 0 unspecified atom stereocenters. The predicted molar refractivity (Wildman–Crippen MR) is 492 cm³/mol. The minimum absolute atomic E-state index is 0.247. The van der Waals surface area contributed by atoms with Crippen LogP contribution in [0.25, 0.3) is 33.4 Å². The Morgan fingerprint density at radius 1 is 0.212 bits per heavy atom. The second-order valence-electron chi connectivity index (χ2n) is 31.3. The minimum Gasteiger partial charge on any atom is -0.458 e. The van der Waals surface area contributed by atoms with Crippen LogP contribution in [0.2, 0.25) is 0 Å². The Labute approximate surface area is 687 Å². The van der Waals surface area contributed by atoms with Crippen LogP contribution in [0.3, 0.4) is 0 Å². The van der Waals surface area contributed by atoms with Gasteiger partial charge in [-0.1, -0.05) is 303 Å². The predicted octanol–water partition coefficient (Wildman–Crippen LogP) is 24.6. The normalized spacial score (nSPS) is 13.5. The third kappa shape index (κ3) is 10.1. The van der Waals surface area contributed by atoms with E-state index in [-0.39, 0.29) is 13.4 Å². The highest BCUT2D eigenvalue weighted by molar-refractivity contribution is 7.01. The van der Waals surface area contributed by atoms with Crippen molar-refractivity contribution in [2.75, 3.05) is 29.4 Å². The molecular formula is C109H72B2N6O. The highest BCUT2D eigenvalue weighted by atomic mass is 16.5. The molecular weight excluding hydrogens is 1430 g/mol. The van der Waals surface area contributed by atoms with Gasteiger partial charge in [-0.25, -0.2) is 0 Å². The number of nitrogens with zero attached hydrogens (tertiary/aromatic N) is 6. The molecule has 1 aliphatic carbocycles. The molecule has 1 spiro atoms. The first-order chi connectivity index (χ1) is 58.6. The summed E-state index contributed by atoms with van der Waals surface area (Å²) in [4.78, 5) is 15.1. The summed E-state index contributed by atoms with van der Waals surface area (Å²) in [6.07, 6.45) is 0. The van der Waals surface area contributed by atoms with Crippen molar-refractivity contribution < 1.29 is 4.74 Å². The lowest BCUT2D eigenvalue weighted by Gasteiger charge is -2.49. The summed E-state index contributed by atoms with van der Waals surface area (Å²) in [6.45, 7) is -0.557. The lowest BCUT2D eigenvalue weighted by atomic mass is 9.33. The van der Waals surface area contributed by atoms with Crippen LogP contribution in [0.4, 0.5) is 102 Å². The van der Waals surface area contributed by atoms with E-state index >= 15 is 0 Å². The Hall–Kier alpha value is -15.3. The van der Waals surface area contributed by atoms with Crippen molar-refractivity contribution in [2.24, 2.45) is 0 Å². The van der Waals surface area contributed by atoms with Crippen LogP contribution in [0, 0.1) is 0 Å². The van der Waals surface area contributed by atoms with Crippen molar-refractivity contribution >= 4 is 149 Å². The first-order valence-electron chi connectivity index (χ1n) is 40.8. The zero-order chi connectivity index (χ0) is 77.5. The first-order valence-corrected chi connectivity index (χ1v) is 40.8. The molecule has 18 aromatic rings. The van der Waals surface area contributed by atoms with Crippen molar-refractivity contribution in [3.63, 3.8) is 0 Å². The fourth-order valence-electron chi connectivity index (χ4n) is 20.5. The topological polar surface area (TPSA) is 28.7 Å². The molecule has 0 saturated carbocycles. The molecule has 0 bridgehead atoms. The highest BCUT2D eigenvalue weighted by Crippen LogP contribution is 2.65. The van der Waals surface area contributed by atoms with E-state index < -0.39 is 5.41 Å². The lowest BCUT2D eigenvalue weighted by Crippen LogP contribution is -2.61. The smallest absolute Gasteiger partial charge is 0.256 e. The quantitative estimate of drug-likeness (QED) is 0.113. The number of anilines is 18. The van der Waals surface area contributed by atoms with Crippen molar-refractivity contribution in [3.05, 3.63) is 459 Å². The van der Waals surface area contributed by atoms with Crippen LogP contribution in [0.15, 0.2) is 437 Å². The minimum atomic E-state index is -0.919. The van der Waals surface area contributed by atoms with Gasteiger partial charge in [0.15, 0.2) is 0 Å². The van der Waals surface area contributed by atoms with Gasteiger partial charge in [-0.3, -0.25) is 0 Å². The lowest BCUT2D eigenvalue weighted by molar-refractivity contribution is 0.487. The van der Waals surface area contributed by atoms with Crippen molar-refractivity contribution in [1.82, 2.24) is 0 Å². The van der Waals surface area contributed by atoms with E-state index in [1.165, 1.54) is 55.2 Å². The van der Waals surface area contributed by atoms with E-state index in [1.807, 2.05) is 0 Å². The first kappa shape index (κ1) is 67.2. The van der Waals surface area contributed by atoms with Gasteiger partial charge in [-0.2, -0.15) is 0 Å². The number of ether oxygens (including phenoxy) is 1. The number of benzene rings is 18. The Balaban J connectivity index is 0.803. The molecule has 0 radical (unpaired) electrons. The van der Waals surface area contributed by atoms with Gasteiger partial charge in [0.2, 0.25) is 0 Å². The van der Waals surface area contributed by atoms with Crippen LogP contribution >= 0.6 is 0 Å². The maximum atomic E-state index is 8.17. The fourth-order valence-corrected chi connectivity index (χ4v) is 20.5. The van der Waals surface area contributed by atoms with E-state index in [1.54, 1.807) is 0 Å². The number of hydrogen-bond acceptors (Lipinski definition) is 7. The maximum Gasteiger partial charge on any atom is 0.256 e. The number of fused-ring (bicyclic) bond motifs is 17. The second-order valence-corrected chi connectivity index (χ2v) is 31.3. The Morgan fingerprint density at radius 3 is 1.13 bits per heavy atom. The van der Waals surface area contributed by atoms with Gasteiger partial charge in [0.25, 0.3) is 13.4 Å². The molecule has 0 aromatic heterocycles. The number of hydrogen-bond donors (Lipinski definition) is 0. The van der Waals surface area contributed by atoms with Gasteiger partial charge in [-0.05, 0) is 199 Å². The zero-order valence-corrected chi connectivity index (χ0v) is 64.3. The van der Waals surface area contributed by atoms with Crippen LogP contribution < -0.4 is 66.9 Å². The summed E-state index contributed by atoms with van der Waals surface area (Å²) in [6, 6.07) is 162. The molecule has 18 aromatic carbocycles. The number of rotatable bonds is 12. The van der Waals surface area contributed by atoms with Crippen LogP contribution in [-0.4, -0.2) is 13.4 Å². The molecule has 7 nitrogen and oxygen atoms in total. The number of para-hydroxylation sites is 10. The second kappa shape index (κ2) is 26.9. The van der Waals surface area contributed by atoms with Crippen LogP contribution in [0.5, 0.6) is 11.5 Å².